The van der Waals surface area contributed by atoms with Crippen LogP contribution in [0.1, 0.15) is 30.4 Å². The van der Waals surface area contributed by atoms with Crippen molar-refractivity contribution in [1.82, 2.24) is 5.32 Å². The van der Waals surface area contributed by atoms with Crippen molar-refractivity contribution >= 4 is 11.6 Å². The Morgan fingerprint density at radius 3 is 2.52 bits per heavy atom. The Morgan fingerprint density at radius 1 is 1.11 bits per heavy atom. The minimum absolute atomic E-state index is 0.137. The quantitative estimate of drug-likeness (QED) is 0.754. The summed E-state index contributed by atoms with van der Waals surface area (Å²) in [6.45, 7) is 4.72. The van der Waals surface area contributed by atoms with Crippen molar-refractivity contribution in [2.24, 2.45) is 5.92 Å². The Kier molecular flexibility index (Phi) is 6.74. The lowest BCUT2D eigenvalue weighted by Gasteiger charge is -2.33. The molecule has 1 fully saturated rings. The number of aryl methyl sites for hydroxylation is 2. The predicted octanol–water partition coefficient (Wildman–Crippen LogP) is 3.97. The van der Waals surface area contributed by atoms with Crippen molar-refractivity contribution in [2.75, 3.05) is 31.6 Å². The molecule has 0 aromatic heterocycles. The summed E-state index contributed by atoms with van der Waals surface area (Å²) in [5.41, 5.74) is 3.73. The normalized spacial score (nSPS) is 14.8. The van der Waals surface area contributed by atoms with E-state index in [0.717, 1.165) is 51.1 Å². The maximum atomic E-state index is 12.5. The first-order chi connectivity index (χ1) is 13.2. The Hall–Kier alpha value is -2.49. The molecule has 144 valence electrons. The van der Waals surface area contributed by atoms with Gasteiger partial charge in [-0.15, -0.1) is 0 Å². The average molecular weight is 367 g/mol. The molecule has 1 aliphatic heterocycles. The molecule has 0 aliphatic carbocycles. The molecule has 2 aromatic carbocycles. The molecule has 3 rings (SSSR count). The summed E-state index contributed by atoms with van der Waals surface area (Å²) in [7, 11) is 1.70. The molecule has 1 amide bonds. The van der Waals surface area contributed by atoms with Gasteiger partial charge in [0.05, 0.1) is 7.11 Å². The molecule has 1 N–H and O–H groups in total. The van der Waals surface area contributed by atoms with Crippen molar-refractivity contribution in [2.45, 2.75) is 32.6 Å². The van der Waals surface area contributed by atoms with Gasteiger partial charge in [0.2, 0.25) is 5.91 Å². The fourth-order valence-electron chi connectivity index (χ4n) is 3.70. The van der Waals surface area contributed by atoms with Crippen LogP contribution in [0.4, 0.5) is 5.69 Å². The van der Waals surface area contributed by atoms with Crippen LogP contribution in [0.2, 0.25) is 0 Å². The van der Waals surface area contributed by atoms with Gasteiger partial charge in [-0.1, -0.05) is 35.9 Å². The number of methoxy groups -OCH3 is 1. The minimum atomic E-state index is 0.137. The van der Waals surface area contributed by atoms with E-state index in [4.69, 9.17) is 4.74 Å². The van der Waals surface area contributed by atoms with E-state index < -0.39 is 0 Å². The molecule has 1 heterocycles. The molecule has 0 spiro atoms. The van der Waals surface area contributed by atoms with E-state index in [0.29, 0.717) is 0 Å². The zero-order valence-corrected chi connectivity index (χ0v) is 16.4. The van der Waals surface area contributed by atoms with Gasteiger partial charge in [0.1, 0.15) is 5.75 Å². The number of nitrogens with one attached hydrogen (secondary N) is 1. The fourth-order valence-corrected chi connectivity index (χ4v) is 3.70. The Balaban J connectivity index is 1.39. The van der Waals surface area contributed by atoms with Crippen molar-refractivity contribution in [3.63, 3.8) is 0 Å². The molecular weight excluding hydrogens is 336 g/mol. The van der Waals surface area contributed by atoms with E-state index in [1.54, 1.807) is 7.11 Å². The second-order valence-corrected chi connectivity index (χ2v) is 7.30. The lowest BCUT2D eigenvalue weighted by atomic mass is 9.95. The lowest BCUT2D eigenvalue weighted by Crippen LogP contribution is -2.40. The van der Waals surface area contributed by atoms with Crippen LogP contribution < -0.4 is 15.0 Å². The number of hydrogen-bond acceptors (Lipinski definition) is 3. The van der Waals surface area contributed by atoms with Gasteiger partial charge < -0.3 is 15.0 Å². The largest absolute Gasteiger partial charge is 0.496 e. The van der Waals surface area contributed by atoms with Crippen molar-refractivity contribution in [3.8, 4) is 5.75 Å². The first-order valence-corrected chi connectivity index (χ1v) is 9.88. The number of anilines is 1. The van der Waals surface area contributed by atoms with Crippen molar-refractivity contribution in [1.29, 1.82) is 0 Å². The molecule has 27 heavy (non-hydrogen) atoms. The third-order valence-corrected chi connectivity index (χ3v) is 5.38. The molecular formula is C23H30N2O2. The number of carbonyl (C=O) groups excluding carboxylic acids is 1. The topological polar surface area (TPSA) is 41.6 Å². The maximum absolute atomic E-state index is 12.5. The van der Waals surface area contributed by atoms with Gasteiger partial charge in [0.25, 0.3) is 0 Å². The van der Waals surface area contributed by atoms with Gasteiger partial charge in [-0.3, -0.25) is 4.79 Å². The van der Waals surface area contributed by atoms with Gasteiger partial charge in [-0.2, -0.15) is 0 Å². The molecule has 1 saturated heterocycles. The number of carbonyl (C=O) groups is 1. The van der Waals surface area contributed by atoms with Crippen molar-refractivity contribution < 1.29 is 9.53 Å². The van der Waals surface area contributed by atoms with Gasteiger partial charge in [0.15, 0.2) is 0 Å². The molecule has 0 radical (unpaired) electrons. The van der Waals surface area contributed by atoms with Gasteiger partial charge in [0, 0.05) is 31.2 Å². The third-order valence-electron chi connectivity index (χ3n) is 5.38. The van der Waals surface area contributed by atoms with Gasteiger partial charge in [-0.25, -0.2) is 0 Å². The third kappa shape index (κ3) is 5.25. The number of nitrogens with zero attached hydrogens (tertiary/aromatic N) is 1. The summed E-state index contributed by atoms with van der Waals surface area (Å²) < 4.78 is 5.38. The molecule has 2 aromatic rings. The highest BCUT2D eigenvalue weighted by Gasteiger charge is 2.24. The smallest absolute Gasteiger partial charge is 0.223 e. The van der Waals surface area contributed by atoms with Crippen LogP contribution in [-0.4, -0.2) is 32.7 Å². The van der Waals surface area contributed by atoms with E-state index in [-0.39, 0.29) is 11.8 Å². The number of para-hydroxylation sites is 1. The molecule has 0 bridgehead atoms. The number of rotatable bonds is 7. The maximum Gasteiger partial charge on any atom is 0.223 e. The minimum Gasteiger partial charge on any atom is -0.496 e. The van der Waals surface area contributed by atoms with Gasteiger partial charge in [-0.05, 0) is 56.4 Å². The van der Waals surface area contributed by atoms with Crippen LogP contribution in [0, 0.1) is 12.8 Å². The second kappa shape index (κ2) is 9.45. The fraction of sp³-hybridized carbons (Fsp3) is 0.435. The van der Waals surface area contributed by atoms with E-state index in [1.165, 1.54) is 16.8 Å². The van der Waals surface area contributed by atoms with Crippen molar-refractivity contribution in [3.05, 3.63) is 59.7 Å². The molecule has 4 heteroatoms. The molecule has 0 atom stereocenters. The number of amides is 1. The number of benzene rings is 2. The number of piperidine rings is 1. The van der Waals surface area contributed by atoms with Crippen LogP contribution >= 0.6 is 0 Å². The first-order valence-electron chi connectivity index (χ1n) is 9.88. The Morgan fingerprint density at radius 2 is 1.81 bits per heavy atom. The summed E-state index contributed by atoms with van der Waals surface area (Å²) in [6, 6.07) is 16.7. The zero-order chi connectivity index (χ0) is 19.1. The van der Waals surface area contributed by atoms with E-state index in [2.05, 4.69) is 47.5 Å². The molecule has 1 aliphatic rings. The van der Waals surface area contributed by atoms with Gasteiger partial charge >= 0.3 is 0 Å². The summed E-state index contributed by atoms with van der Waals surface area (Å²) in [5.74, 6) is 1.27. The average Bonchev–Trinajstić information content (AvgIpc) is 2.72. The highest BCUT2D eigenvalue weighted by Crippen LogP contribution is 2.24. The van der Waals surface area contributed by atoms with E-state index in [1.807, 2.05) is 18.2 Å². The Bertz CT molecular complexity index is 734. The predicted molar refractivity (Wildman–Crippen MR) is 110 cm³/mol. The highest BCUT2D eigenvalue weighted by atomic mass is 16.5. The monoisotopic (exact) mass is 366 g/mol. The van der Waals surface area contributed by atoms with Crippen LogP contribution in [0.5, 0.6) is 5.75 Å². The molecule has 0 saturated carbocycles. The summed E-state index contributed by atoms with van der Waals surface area (Å²) in [5, 5.41) is 3.12. The summed E-state index contributed by atoms with van der Waals surface area (Å²) in [6.07, 6.45) is 3.68. The number of ether oxygens (including phenoxy) is 1. The lowest BCUT2D eigenvalue weighted by molar-refractivity contribution is -0.125. The summed E-state index contributed by atoms with van der Waals surface area (Å²) >= 11 is 0. The molecule has 4 nitrogen and oxygen atoms in total. The van der Waals surface area contributed by atoms with Crippen LogP contribution in [0.25, 0.3) is 0 Å². The zero-order valence-electron chi connectivity index (χ0n) is 16.4. The standard InChI is InChI=1S/C23H30N2O2/c1-18-9-11-21(12-10-18)25-16-13-20(14-17-25)23(26)24-15-5-7-19-6-3-4-8-22(19)27-2/h3-4,6,8-12,20H,5,7,13-17H2,1-2H3,(H,24,26). The number of hydrogen-bond donors (Lipinski definition) is 1. The highest BCUT2D eigenvalue weighted by molar-refractivity contribution is 5.79. The first kappa shape index (κ1) is 19.3. The SMILES string of the molecule is COc1ccccc1CCCNC(=O)C1CCN(c2ccc(C)cc2)CC1. The molecule has 0 unspecified atom stereocenters. The van der Waals surface area contributed by atoms with E-state index in [9.17, 15) is 4.79 Å². The second-order valence-electron chi connectivity index (χ2n) is 7.30. The van der Waals surface area contributed by atoms with E-state index >= 15 is 0 Å². The summed E-state index contributed by atoms with van der Waals surface area (Å²) in [4.78, 5) is 14.8. The Labute approximate surface area is 162 Å². The van der Waals surface area contributed by atoms with Crippen LogP contribution in [0.3, 0.4) is 0 Å². The van der Waals surface area contributed by atoms with Crippen LogP contribution in [0.15, 0.2) is 48.5 Å². The van der Waals surface area contributed by atoms with Crippen LogP contribution in [-0.2, 0) is 11.2 Å².